The van der Waals surface area contributed by atoms with Crippen molar-refractivity contribution in [3.63, 3.8) is 0 Å². The summed E-state index contributed by atoms with van der Waals surface area (Å²) in [5, 5.41) is 2.86. The Morgan fingerprint density at radius 1 is 1.48 bits per heavy atom. The maximum Gasteiger partial charge on any atom is 0.267 e. The first-order chi connectivity index (χ1) is 9.71. The fourth-order valence-electron chi connectivity index (χ4n) is 2.32. The topological polar surface area (TPSA) is 77.4 Å². The zero-order valence-corrected chi connectivity index (χ0v) is 13.6. The second kappa shape index (κ2) is 5.98. The lowest BCUT2D eigenvalue weighted by Crippen LogP contribution is -2.39. The summed E-state index contributed by atoms with van der Waals surface area (Å²) >= 11 is 0. The standard InChI is InChI=1S/C13H19ClN2O4S/c1-13(3-5-20-6-4-13)9-15-12(17)11-7-10(8-16(11)2)21(14,18)19/h7-8H,3-6,9H2,1-2H3,(H,15,17). The Labute approximate surface area is 128 Å². The number of rotatable bonds is 4. The van der Waals surface area contributed by atoms with E-state index in [-0.39, 0.29) is 21.9 Å². The average Bonchev–Trinajstić information content (AvgIpc) is 2.79. The van der Waals surface area contributed by atoms with Crippen molar-refractivity contribution in [3.8, 4) is 0 Å². The smallest absolute Gasteiger partial charge is 0.267 e. The van der Waals surface area contributed by atoms with Crippen LogP contribution in [-0.4, -0.2) is 38.7 Å². The molecule has 1 amide bonds. The first kappa shape index (κ1) is 16.3. The third-order valence-corrected chi connectivity index (χ3v) is 5.19. The second-order valence-electron chi connectivity index (χ2n) is 5.72. The van der Waals surface area contributed by atoms with Crippen LogP contribution in [0.15, 0.2) is 17.2 Å². The number of halogens is 1. The van der Waals surface area contributed by atoms with Gasteiger partial charge in [0, 0.05) is 43.7 Å². The van der Waals surface area contributed by atoms with Crippen LogP contribution in [0.2, 0.25) is 0 Å². The van der Waals surface area contributed by atoms with E-state index in [4.69, 9.17) is 15.4 Å². The minimum Gasteiger partial charge on any atom is -0.381 e. The summed E-state index contributed by atoms with van der Waals surface area (Å²) in [6, 6.07) is 1.28. The molecule has 0 spiro atoms. The van der Waals surface area contributed by atoms with Gasteiger partial charge in [0.15, 0.2) is 0 Å². The van der Waals surface area contributed by atoms with Gasteiger partial charge in [-0.25, -0.2) is 8.42 Å². The number of nitrogens with zero attached hydrogens (tertiary/aromatic N) is 1. The highest BCUT2D eigenvalue weighted by molar-refractivity contribution is 8.13. The molecule has 0 saturated carbocycles. The Balaban J connectivity index is 2.05. The average molecular weight is 335 g/mol. The van der Waals surface area contributed by atoms with Gasteiger partial charge >= 0.3 is 0 Å². The van der Waals surface area contributed by atoms with Crippen LogP contribution in [0.1, 0.15) is 30.3 Å². The predicted molar refractivity (Wildman–Crippen MR) is 78.9 cm³/mol. The normalized spacial score (nSPS) is 18.4. The Kier molecular flexibility index (Phi) is 4.65. The van der Waals surface area contributed by atoms with Crippen LogP contribution < -0.4 is 5.32 Å². The van der Waals surface area contributed by atoms with E-state index in [2.05, 4.69) is 12.2 Å². The van der Waals surface area contributed by atoms with E-state index in [1.165, 1.54) is 16.8 Å². The van der Waals surface area contributed by atoms with E-state index in [0.717, 1.165) is 12.8 Å². The molecule has 1 aromatic heterocycles. The summed E-state index contributed by atoms with van der Waals surface area (Å²) in [5.74, 6) is -0.309. The number of hydrogen-bond acceptors (Lipinski definition) is 4. The van der Waals surface area contributed by atoms with Crippen LogP contribution in [0.25, 0.3) is 0 Å². The van der Waals surface area contributed by atoms with Gasteiger partial charge < -0.3 is 14.6 Å². The number of amides is 1. The highest BCUT2D eigenvalue weighted by Crippen LogP contribution is 2.28. The van der Waals surface area contributed by atoms with Crippen molar-refractivity contribution in [2.45, 2.75) is 24.7 Å². The van der Waals surface area contributed by atoms with E-state index in [0.29, 0.717) is 19.8 Å². The van der Waals surface area contributed by atoms with Crippen LogP contribution in [0.3, 0.4) is 0 Å². The molecule has 1 aliphatic heterocycles. The number of hydrogen-bond donors (Lipinski definition) is 1. The van der Waals surface area contributed by atoms with Gasteiger partial charge in [0.1, 0.15) is 10.6 Å². The molecule has 0 unspecified atom stereocenters. The molecule has 8 heteroatoms. The first-order valence-corrected chi connectivity index (χ1v) is 8.99. The van der Waals surface area contributed by atoms with Crippen molar-refractivity contribution in [2.24, 2.45) is 12.5 Å². The van der Waals surface area contributed by atoms with Crippen molar-refractivity contribution in [2.75, 3.05) is 19.8 Å². The summed E-state index contributed by atoms with van der Waals surface area (Å²) in [7, 11) is 3.06. The molecular formula is C13H19ClN2O4S. The summed E-state index contributed by atoms with van der Waals surface area (Å²) in [6.45, 7) is 4.04. The maximum atomic E-state index is 12.2. The largest absolute Gasteiger partial charge is 0.381 e. The molecule has 1 fully saturated rings. The molecule has 0 aliphatic carbocycles. The Morgan fingerprint density at radius 3 is 2.62 bits per heavy atom. The van der Waals surface area contributed by atoms with Gasteiger partial charge in [-0.2, -0.15) is 0 Å². The third kappa shape index (κ3) is 3.99. The second-order valence-corrected chi connectivity index (χ2v) is 8.28. The summed E-state index contributed by atoms with van der Waals surface area (Å²) in [5.41, 5.74) is 0.283. The van der Waals surface area contributed by atoms with Crippen molar-refractivity contribution in [3.05, 3.63) is 18.0 Å². The Morgan fingerprint density at radius 2 is 2.10 bits per heavy atom. The lowest BCUT2D eigenvalue weighted by Gasteiger charge is -2.33. The zero-order valence-electron chi connectivity index (χ0n) is 12.1. The lowest BCUT2D eigenvalue weighted by molar-refractivity contribution is 0.0238. The molecule has 118 valence electrons. The summed E-state index contributed by atoms with van der Waals surface area (Å²) in [4.78, 5) is 12.1. The molecular weight excluding hydrogens is 316 g/mol. The fourth-order valence-corrected chi connectivity index (χ4v) is 3.11. The highest BCUT2D eigenvalue weighted by atomic mass is 35.7. The van der Waals surface area contributed by atoms with Crippen LogP contribution in [0, 0.1) is 5.41 Å². The van der Waals surface area contributed by atoms with Crippen molar-refractivity contribution >= 4 is 25.6 Å². The molecule has 0 atom stereocenters. The van der Waals surface area contributed by atoms with E-state index < -0.39 is 9.05 Å². The number of aryl methyl sites for hydroxylation is 1. The van der Waals surface area contributed by atoms with E-state index in [9.17, 15) is 13.2 Å². The van der Waals surface area contributed by atoms with Gasteiger partial charge in [0.2, 0.25) is 0 Å². The molecule has 1 N–H and O–H groups in total. The fraction of sp³-hybridized carbons (Fsp3) is 0.615. The Hall–Kier alpha value is -1.05. The third-order valence-electron chi connectivity index (χ3n) is 3.87. The van der Waals surface area contributed by atoms with Gasteiger partial charge in [-0.15, -0.1) is 0 Å². The van der Waals surface area contributed by atoms with Gasteiger partial charge in [0.05, 0.1) is 0 Å². The van der Waals surface area contributed by atoms with Gasteiger partial charge in [-0.05, 0) is 24.3 Å². The molecule has 1 aromatic rings. The zero-order chi connectivity index (χ0) is 15.7. The van der Waals surface area contributed by atoms with Crippen LogP contribution >= 0.6 is 10.7 Å². The molecule has 0 aromatic carbocycles. The van der Waals surface area contributed by atoms with Crippen molar-refractivity contribution in [1.29, 1.82) is 0 Å². The SMILES string of the molecule is Cn1cc(S(=O)(=O)Cl)cc1C(=O)NCC1(C)CCOCC1. The summed E-state index contributed by atoms with van der Waals surface area (Å²) in [6.07, 6.45) is 3.11. The number of carbonyl (C=O) groups excluding carboxylic acids is 1. The maximum absolute atomic E-state index is 12.2. The van der Waals surface area contributed by atoms with E-state index in [1.807, 2.05) is 0 Å². The minimum absolute atomic E-state index is 0.0144. The monoisotopic (exact) mass is 334 g/mol. The molecule has 1 saturated heterocycles. The molecule has 2 rings (SSSR count). The molecule has 6 nitrogen and oxygen atoms in total. The number of ether oxygens (including phenoxy) is 1. The number of carbonyl (C=O) groups is 1. The van der Waals surface area contributed by atoms with Crippen molar-refractivity contribution in [1.82, 2.24) is 9.88 Å². The first-order valence-electron chi connectivity index (χ1n) is 6.68. The van der Waals surface area contributed by atoms with Gasteiger partial charge in [0.25, 0.3) is 15.0 Å². The Bertz CT molecular complexity index is 633. The van der Waals surface area contributed by atoms with Gasteiger partial charge in [-0.1, -0.05) is 6.92 Å². The lowest BCUT2D eigenvalue weighted by atomic mass is 9.82. The summed E-state index contributed by atoms with van der Waals surface area (Å²) < 4.78 is 29.3. The molecule has 21 heavy (non-hydrogen) atoms. The van der Waals surface area contributed by atoms with Crippen molar-refractivity contribution < 1.29 is 17.9 Å². The van der Waals surface area contributed by atoms with Crippen LogP contribution in [0.5, 0.6) is 0 Å². The highest BCUT2D eigenvalue weighted by Gasteiger charge is 2.28. The quantitative estimate of drug-likeness (QED) is 0.846. The molecule has 2 heterocycles. The number of aromatic nitrogens is 1. The number of nitrogens with one attached hydrogen (secondary N) is 1. The minimum atomic E-state index is -3.83. The molecule has 1 aliphatic rings. The predicted octanol–water partition coefficient (Wildman–Crippen LogP) is 1.50. The van der Waals surface area contributed by atoms with Crippen LogP contribution in [-0.2, 0) is 20.8 Å². The molecule has 0 bridgehead atoms. The molecule has 0 radical (unpaired) electrons. The van der Waals surface area contributed by atoms with Gasteiger partial charge in [-0.3, -0.25) is 4.79 Å². The van der Waals surface area contributed by atoms with E-state index >= 15 is 0 Å². The van der Waals surface area contributed by atoms with Crippen LogP contribution in [0.4, 0.5) is 0 Å². The van der Waals surface area contributed by atoms with E-state index in [1.54, 1.807) is 7.05 Å².